The zero-order valence-electron chi connectivity index (χ0n) is 21.7. The van der Waals surface area contributed by atoms with Crippen molar-refractivity contribution >= 4 is 17.8 Å². The highest BCUT2D eigenvalue weighted by molar-refractivity contribution is 5.95. The number of hydrogen-bond acceptors (Lipinski definition) is 5. The maximum Gasteiger partial charge on any atom is 0.271 e. The van der Waals surface area contributed by atoms with Crippen LogP contribution >= 0.6 is 0 Å². The van der Waals surface area contributed by atoms with Gasteiger partial charge in [0.15, 0.2) is 0 Å². The quantitative estimate of drug-likeness (QED) is 0.130. The molecule has 0 atom stereocenters. The highest BCUT2D eigenvalue weighted by Gasteiger charge is 2.11. The Kier molecular flexibility index (Phi) is 7.78. The first-order valence-electron chi connectivity index (χ1n) is 12.6. The van der Waals surface area contributed by atoms with Gasteiger partial charge in [-0.2, -0.15) is 5.10 Å². The van der Waals surface area contributed by atoms with Gasteiger partial charge in [0.05, 0.1) is 16.8 Å². The number of non-ortho nitro benzene ring substituents is 1. The van der Waals surface area contributed by atoms with Crippen LogP contribution in [0.1, 0.15) is 27.2 Å². The Morgan fingerprint density at radius 3 is 2.33 bits per heavy atom. The van der Waals surface area contributed by atoms with Crippen LogP contribution in [0.25, 0.3) is 16.9 Å². The monoisotopic (exact) mass is 530 g/mol. The second kappa shape index (κ2) is 11.9. The molecule has 0 spiro atoms. The van der Waals surface area contributed by atoms with Gasteiger partial charge in [0.2, 0.25) is 0 Å². The molecule has 198 valence electrons. The maximum absolute atomic E-state index is 12.7. The lowest BCUT2D eigenvalue weighted by Gasteiger charge is -2.13. The van der Waals surface area contributed by atoms with Crippen LogP contribution < -0.4 is 10.2 Å². The van der Waals surface area contributed by atoms with Crippen molar-refractivity contribution in [3.8, 4) is 22.7 Å². The number of para-hydroxylation sites is 1. The van der Waals surface area contributed by atoms with Crippen LogP contribution in [-0.4, -0.2) is 21.6 Å². The third-order valence-electron chi connectivity index (χ3n) is 6.36. The Bertz CT molecular complexity index is 1660. The lowest BCUT2D eigenvalue weighted by atomic mass is 10.1. The van der Waals surface area contributed by atoms with Gasteiger partial charge >= 0.3 is 0 Å². The number of rotatable bonds is 9. The molecule has 8 nitrogen and oxygen atoms in total. The average Bonchev–Trinajstić information content (AvgIpc) is 3.38. The molecule has 40 heavy (non-hydrogen) atoms. The van der Waals surface area contributed by atoms with Crippen molar-refractivity contribution in [1.29, 1.82) is 0 Å². The van der Waals surface area contributed by atoms with Crippen LogP contribution in [0.15, 0.2) is 120 Å². The fourth-order valence-corrected chi connectivity index (χ4v) is 4.30. The van der Waals surface area contributed by atoms with E-state index in [0.717, 1.165) is 28.2 Å². The van der Waals surface area contributed by atoms with Crippen molar-refractivity contribution < 1.29 is 14.5 Å². The minimum Gasteiger partial charge on any atom is -0.488 e. The van der Waals surface area contributed by atoms with Crippen molar-refractivity contribution in [2.75, 3.05) is 0 Å². The van der Waals surface area contributed by atoms with Crippen LogP contribution in [0.3, 0.4) is 0 Å². The van der Waals surface area contributed by atoms with Crippen LogP contribution in [0.4, 0.5) is 5.69 Å². The topological polar surface area (TPSA) is 98.8 Å². The van der Waals surface area contributed by atoms with Gasteiger partial charge in [0.1, 0.15) is 12.4 Å². The summed E-state index contributed by atoms with van der Waals surface area (Å²) in [4.78, 5) is 23.1. The van der Waals surface area contributed by atoms with Gasteiger partial charge in [-0.05, 0) is 78.7 Å². The molecule has 5 aromatic rings. The first-order chi connectivity index (χ1) is 19.5. The van der Waals surface area contributed by atoms with E-state index in [-0.39, 0.29) is 18.2 Å². The number of hydrogen-bond donors (Lipinski definition) is 1. The molecule has 0 fully saturated rings. The molecule has 0 saturated carbocycles. The number of amides is 1. The van der Waals surface area contributed by atoms with E-state index in [1.165, 1.54) is 18.3 Å². The molecule has 1 heterocycles. The van der Waals surface area contributed by atoms with Gasteiger partial charge in [-0.3, -0.25) is 14.9 Å². The molecule has 0 saturated heterocycles. The van der Waals surface area contributed by atoms with Gasteiger partial charge in [0, 0.05) is 34.6 Å². The third-order valence-corrected chi connectivity index (χ3v) is 6.36. The summed E-state index contributed by atoms with van der Waals surface area (Å²) >= 11 is 0. The van der Waals surface area contributed by atoms with E-state index < -0.39 is 4.92 Å². The van der Waals surface area contributed by atoms with E-state index in [2.05, 4.69) is 46.3 Å². The van der Waals surface area contributed by atoms with E-state index in [9.17, 15) is 14.9 Å². The molecule has 8 heteroatoms. The molecular formula is C32H26N4O4. The summed E-state index contributed by atoms with van der Waals surface area (Å²) in [5.41, 5.74) is 8.79. The summed E-state index contributed by atoms with van der Waals surface area (Å²) in [5.74, 6) is 0.235. The highest BCUT2D eigenvalue weighted by atomic mass is 16.6. The van der Waals surface area contributed by atoms with Crippen molar-refractivity contribution in [3.05, 3.63) is 148 Å². The predicted octanol–water partition coefficient (Wildman–Crippen LogP) is 6.70. The average molecular weight is 531 g/mol. The normalized spacial score (nSPS) is 10.9. The Morgan fingerprint density at radius 1 is 0.900 bits per heavy atom. The van der Waals surface area contributed by atoms with E-state index in [0.29, 0.717) is 16.9 Å². The van der Waals surface area contributed by atoms with Gasteiger partial charge in [-0.25, -0.2) is 5.43 Å². The molecule has 1 amide bonds. The minimum atomic E-state index is -0.440. The Hall–Kier alpha value is -5.50. The standard InChI is InChI=1S/C32H26N4O4/c1-23-11-20-30(25-7-3-2-4-8-25)35(23)28-18-14-26(15-19-28)32(37)34-33-21-27-9-5-6-10-31(27)40-22-24-12-16-29(17-13-24)36(38)39/h2-21H,22H2,1H3,(H,34,37)/b33-21+. The first-order valence-corrected chi connectivity index (χ1v) is 12.6. The van der Waals surface area contributed by atoms with E-state index in [1.54, 1.807) is 30.3 Å². The summed E-state index contributed by atoms with van der Waals surface area (Å²) in [6.07, 6.45) is 1.52. The third kappa shape index (κ3) is 5.97. The number of nitro groups is 1. The number of ether oxygens (including phenoxy) is 1. The van der Waals surface area contributed by atoms with Crippen molar-refractivity contribution in [3.63, 3.8) is 0 Å². The van der Waals surface area contributed by atoms with E-state index in [4.69, 9.17) is 4.74 Å². The summed E-state index contributed by atoms with van der Waals surface area (Å²) in [7, 11) is 0. The first kappa shape index (κ1) is 26.1. The zero-order chi connectivity index (χ0) is 27.9. The van der Waals surface area contributed by atoms with Crippen molar-refractivity contribution in [2.24, 2.45) is 5.10 Å². The highest BCUT2D eigenvalue weighted by Crippen LogP contribution is 2.26. The molecule has 1 N–H and O–H groups in total. The second-order valence-corrected chi connectivity index (χ2v) is 9.06. The predicted molar refractivity (Wildman–Crippen MR) is 155 cm³/mol. The Labute approximate surface area is 231 Å². The van der Waals surface area contributed by atoms with Gasteiger partial charge in [0.25, 0.3) is 11.6 Å². The van der Waals surface area contributed by atoms with Crippen LogP contribution in [0, 0.1) is 17.0 Å². The molecule has 4 aromatic carbocycles. The molecule has 0 bridgehead atoms. The molecular weight excluding hydrogens is 504 g/mol. The number of carbonyl (C=O) groups is 1. The van der Waals surface area contributed by atoms with E-state index >= 15 is 0 Å². The number of nitro benzene ring substituents is 1. The summed E-state index contributed by atoms with van der Waals surface area (Å²) < 4.78 is 8.04. The number of carbonyl (C=O) groups excluding carboxylic acids is 1. The fraction of sp³-hybridized carbons (Fsp3) is 0.0625. The number of nitrogens with one attached hydrogen (secondary N) is 1. The Morgan fingerprint density at radius 2 is 1.60 bits per heavy atom. The number of aromatic nitrogens is 1. The van der Waals surface area contributed by atoms with Gasteiger partial charge < -0.3 is 9.30 Å². The SMILES string of the molecule is Cc1ccc(-c2ccccc2)n1-c1ccc(C(=O)N/N=C/c2ccccc2OCc2ccc([N+](=O)[O-])cc2)cc1. The maximum atomic E-state index is 12.7. The minimum absolute atomic E-state index is 0.0263. The summed E-state index contributed by atoms with van der Waals surface area (Å²) in [6, 6.07) is 35.2. The van der Waals surface area contributed by atoms with Gasteiger partial charge in [-0.15, -0.1) is 0 Å². The summed E-state index contributed by atoms with van der Waals surface area (Å²) in [6.45, 7) is 2.28. The zero-order valence-corrected chi connectivity index (χ0v) is 21.7. The van der Waals surface area contributed by atoms with Crippen LogP contribution in [-0.2, 0) is 6.61 Å². The summed E-state index contributed by atoms with van der Waals surface area (Å²) in [5, 5.41) is 15.0. The number of nitrogens with zero attached hydrogens (tertiary/aromatic N) is 3. The second-order valence-electron chi connectivity index (χ2n) is 9.06. The lowest BCUT2D eigenvalue weighted by molar-refractivity contribution is -0.384. The smallest absolute Gasteiger partial charge is 0.271 e. The number of benzene rings is 4. The van der Waals surface area contributed by atoms with Crippen LogP contribution in [0.5, 0.6) is 5.75 Å². The number of hydrazone groups is 1. The molecule has 0 unspecified atom stereocenters. The lowest BCUT2D eigenvalue weighted by Crippen LogP contribution is -2.17. The Balaban J connectivity index is 1.23. The molecule has 1 aromatic heterocycles. The largest absolute Gasteiger partial charge is 0.488 e. The van der Waals surface area contributed by atoms with Crippen molar-refractivity contribution in [1.82, 2.24) is 9.99 Å². The molecule has 0 aliphatic heterocycles. The fourth-order valence-electron chi connectivity index (χ4n) is 4.30. The van der Waals surface area contributed by atoms with Gasteiger partial charge in [-0.1, -0.05) is 42.5 Å². The molecule has 0 radical (unpaired) electrons. The number of aryl methyl sites for hydroxylation is 1. The molecule has 5 rings (SSSR count). The van der Waals surface area contributed by atoms with Crippen LogP contribution in [0.2, 0.25) is 0 Å². The van der Waals surface area contributed by atoms with Crippen molar-refractivity contribution in [2.45, 2.75) is 13.5 Å². The van der Waals surface area contributed by atoms with E-state index in [1.807, 2.05) is 48.5 Å². The molecule has 0 aliphatic rings. The molecule has 0 aliphatic carbocycles.